The number of anilines is 6. The van der Waals surface area contributed by atoms with Gasteiger partial charge in [-0.15, -0.1) is 0 Å². The topological polar surface area (TPSA) is 6.48 Å². The molecule has 0 aromatic heterocycles. The molecule has 4 fully saturated rings. The van der Waals surface area contributed by atoms with Crippen molar-refractivity contribution in [3.8, 4) is 11.1 Å². The van der Waals surface area contributed by atoms with Gasteiger partial charge in [-0.3, -0.25) is 0 Å². The van der Waals surface area contributed by atoms with E-state index >= 15 is 0 Å². The maximum absolute atomic E-state index is 2.69. The molecule has 0 unspecified atom stereocenters. The van der Waals surface area contributed by atoms with Crippen molar-refractivity contribution in [3.05, 3.63) is 216 Å². The van der Waals surface area contributed by atoms with Crippen molar-refractivity contribution in [1.29, 1.82) is 0 Å². The van der Waals surface area contributed by atoms with Gasteiger partial charge >= 0.3 is 0 Å². The number of nitrogens with zero attached hydrogens (tertiary/aromatic N) is 2. The molecular formula is C67H54N2. The second-order valence-electron chi connectivity index (χ2n) is 21.4. The van der Waals surface area contributed by atoms with Crippen molar-refractivity contribution in [2.45, 2.75) is 58.3 Å². The minimum Gasteiger partial charge on any atom is -0.309 e. The Morgan fingerprint density at radius 2 is 0.957 bits per heavy atom. The fourth-order valence-corrected chi connectivity index (χ4v) is 15.6. The van der Waals surface area contributed by atoms with Crippen LogP contribution in [-0.4, -0.2) is 0 Å². The molecule has 0 saturated heterocycles. The van der Waals surface area contributed by atoms with E-state index in [2.05, 4.69) is 219 Å². The van der Waals surface area contributed by atoms with E-state index in [0.29, 0.717) is 11.8 Å². The van der Waals surface area contributed by atoms with Crippen LogP contribution in [0.2, 0.25) is 0 Å². The van der Waals surface area contributed by atoms with Crippen molar-refractivity contribution < 1.29 is 0 Å². The third kappa shape index (κ3) is 5.43. The molecule has 0 N–H and O–H groups in total. The van der Waals surface area contributed by atoms with E-state index in [9.17, 15) is 0 Å². The van der Waals surface area contributed by atoms with Gasteiger partial charge in [0, 0.05) is 32.8 Å². The van der Waals surface area contributed by atoms with Crippen LogP contribution in [0.25, 0.3) is 65.0 Å². The van der Waals surface area contributed by atoms with E-state index in [4.69, 9.17) is 0 Å². The monoisotopic (exact) mass is 886 g/mol. The zero-order valence-electron chi connectivity index (χ0n) is 39.6. The first-order valence-electron chi connectivity index (χ1n) is 25.5. The number of aryl methyl sites for hydroxylation is 3. The van der Waals surface area contributed by atoms with Crippen molar-refractivity contribution in [1.82, 2.24) is 0 Å². The van der Waals surface area contributed by atoms with Crippen LogP contribution in [0.1, 0.15) is 59.9 Å². The largest absolute Gasteiger partial charge is 0.309 e. The van der Waals surface area contributed by atoms with Crippen LogP contribution in [0.5, 0.6) is 0 Å². The van der Waals surface area contributed by atoms with Crippen molar-refractivity contribution in [2.75, 3.05) is 9.80 Å². The SMILES string of the molecule is Cc1cc(C)c(N(c2cccc3c2-c2ccccc2C32C3CC4CC(C3)CC2C4)c2ccc3ccc4c(N(c5ccccc5)c5cc6ccccc6c6ccccc56)ccc5ccc2c3c54)c(C)c1. The number of para-hydroxylation sites is 1. The van der Waals surface area contributed by atoms with E-state index in [-0.39, 0.29) is 5.41 Å². The molecule has 0 atom stereocenters. The lowest BCUT2D eigenvalue weighted by Gasteiger charge is -2.61. The quantitative estimate of drug-likeness (QED) is 0.154. The Balaban J connectivity index is 0.999. The molecule has 1 spiro atoms. The Morgan fingerprint density at radius 3 is 1.65 bits per heavy atom. The summed E-state index contributed by atoms with van der Waals surface area (Å²) in [7, 11) is 0. The molecule has 11 aromatic carbocycles. The summed E-state index contributed by atoms with van der Waals surface area (Å²) in [5.41, 5.74) is 17.4. The average molecular weight is 887 g/mol. The standard InChI is InChI=1S/C67H54N2/c1-40-32-41(2)66(42(3)33-40)69(61-23-13-22-58-65(61)54-20-11-12-21-57(54)67(58)48-35-43-34-44(37-48)38-49(67)36-43)60-31-27-46-24-28-55-59(30-26-45-25-29-56(60)64(46)63(45)55)68(50-15-5-4-6-16-50)62-39-47-14-7-8-17-51(47)52-18-9-10-19-53(52)62/h4-33,39,43-44,48-49H,34-38H2,1-3H3. The lowest BCUT2D eigenvalue weighted by atomic mass is 9.43. The summed E-state index contributed by atoms with van der Waals surface area (Å²) >= 11 is 0. The lowest BCUT2D eigenvalue weighted by molar-refractivity contribution is -0.0399. The zero-order chi connectivity index (χ0) is 45.7. The molecule has 0 heterocycles. The number of hydrogen-bond donors (Lipinski definition) is 0. The summed E-state index contributed by atoms with van der Waals surface area (Å²) in [5.74, 6) is 3.21. The molecule has 4 bridgehead atoms. The van der Waals surface area contributed by atoms with Gasteiger partial charge in [0.15, 0.2) is 0 Å². The molecule has 0 amide bonds. The van der Waals surface area contributed by atoms with E-state index in [0.717, 1.165) is 17.5 Å². The van der Waals surface area contributed by atoms with Gasteiger partial charge in [0.05, 0.1) is 28.4 Å². The number of rotatable bonds is 6. The van der Waals surface area contributed by atoms with Crippen LogP contribution in [0.4, 0.5) is 34.1 Å². The molecule has 0 aliphatic heterocycles. The summed E-state index contributed by atoms with van der Waals surface area (Å²) in [6.07, 6.45) is 6.96. The van der Waals surface area contributed by atoms with Crippen LogP contribution in [0, 0.1) is 44.4 Å². The molecule has 0 radical (unpaired) electrons. The van der Waals surface area contributed by atoms with Crippen molar-refractivity contribution >= 4 is 88.0 Å². The van der Waals surface area contributed by atoms with E-state index in [1.165, 1.54) is 142 Å². The summed E-state index contributed by atoms with van der Waals surface area (Å²) in [4.78, 5) is 5.20. The Morgan fingerprint density at radius 1 is 0.391 bits per heavy atom. The van der Waals surface area contributed by atoms with Gasteiger partial charge in [0.2, 0.25) is 0 Å². The fourth-order valence-electron chi connectivity index (χ4n) is 15.6. The lowest BCUT2D eigenvalue weighted by Crippen LogP contribution is -2.55. The highest BCUT2D eigenvalue weighted by atomic mass is 15.2. The minimum atomic E-state index is 0.0818. The highest BCUT2D eigenvalue weighted by Gasteiger charge is 2.62. The molecule has 11 aromatic rings. The third-order valence-electron chi connectivity index (χ3n) is 17.8. The highest BCUT2D eigenvalue weighted by molar-refractivity contribution is 6.29. The number of hydrogen-bond acceptors (Lipinski definition) is 2. The van der Waals surface area contributed by atoms with Crippen LogP contribution < -0.4 is 9.80 Å². The van der Waals surface area contributed by atoms with Crippen molar-refractivity contribution in [2.24, 2.45) is 23.7 Å². The van der Waals surface area contributed by atoms with Gasteiger partial charge in [-0.25, -0.2) is 0 Å². The second kappa shape index (κ2) is 14.5. The van der Waals surface area contributed by atoms with Gasteiger partial charge in [-0.2, -0.15) is 0 Å². The Hall–Kier alpha value is -7.42. The van der Waals surface area contributed by atoms with Crippen LogP contribution in [-0.2, 0) is 5.41 Å². The zero-order valence-corrected chi connectivity index (χ0v) is 39.6. The molecule has 69 heavy (non-hydrogen) atoms. The number of benzene rings is 11. The number of fused-ring (bicyclic) bond motifs is 6. The smallest absolute Gasteiger partial charge is 0.0546 e. The second-order valence-corrected chi connectivity index (χ2v) is 21.4. The van der Waals surface area contributed by atoms with Gasteiger partial charge in [-0.1, -0.05) is 157 Å². The molecule has 5 aliphatic carbocycles. The van der Waals surface area contributed by atoms with Crippen molar-refractivity contribution in [3.63, 3.8) is 0 Å². The summed E-state index contributed by atoms with van der Waals surface area (Å²) in [6.45, 7) is 6.90. The van der Waals surface area contributed by atoms with Gasteiger partial charge in [0.1, 0.15) is 0 Å². The summed E-state index contributed by atoms with van der Waals surface area (Å²) in [5, 5.41) is 12.7. The first-order valence-corrected chi connectivity index (χ1v) is 25.5. The van der Waals surface area contributed by atoms with E-state index in [1.807, 2.05) is 0 Å². The summed E-state index contributed by atoms with van der Waals surface area (Å²) < 4.78 is 0. The van der Waals surface area contributed by atoms with Gasteiger partial charge in [-0.05, 0) is 178 Å². The van der Waals surface area contributed by atoms with E-state index in [1.54, 1.807) is 11.1 Å². The molecular weight excluding hydrogens is 833 g/mol. The first-order chi connectivity index (χ1) is 33.9. The molecule has 16 rings (SSSR count). The molecule has 332 valence electrons. The van der Waals surface area contributed by atoms with Crippen LogP contribution in [0.15, 0.2) is 188 Å². The maximum atomic E-state index is 2.69. The maximum Gasteiger partial charge on any atom is 0.0546 e. The Labute approximate surface area is 404 Å². The third-order valence-corrected chi connectivity index (χ3v) is 17.8. The van der Waals surface area contributed by atoms with E-state index < -0.39 is 0 Å². The molecule has 4 saturated carbocycles. The normalized spacial score (nSPS) is 21.0. The first kappa shape index (κ1) is 39.6. The minimum absolute atomic E-state index is 0.0818. The van der Waals surface area contributed by atoms with Gasteiger partial charge < -0.3 is 9.80 Å². The highest BCUT2D eigenvalue weighted by Crippen LogP contribution is 2.70. The molecule has 5 aliphatic rings. The Bertz CT molecular complexity index is 3870. The fraction of sp³-hybridized carbons (Fsp3) is 0.194. The predicted octanol–water partition coefficient (Wildman–Crippen LogP) is 18.5. The van der Waals surface area contributed by atoms with Gasteiger partial charge in [0.25, 0.3) is 0 Å². The molecule has 2 nitrogen and oxygen atoms in total. The predicted molar refractivity (Wildman–Crippen MR) is 292 cm³/mol. The average Bonchev–Trinajstić information content (AvgIpc) is 3.67. The van der Waals surface area contributed by atoms with Crippen LogP contribution >= 0.6 is 0 Å². The summed E-state index contributed by atoms with van der Waals surface area (Å²) in [6, 6.07) is 72.1. The van der Waals surface area contributed by atoms with Crippen LogP contribution in [0.3, 0.4) is 0 Å². The molecule has 2 heteroatoms. The Kier molecular flexibility index (Phi) is 8.34.